The van der Waals surface area contributed by atoms with E-state index in [1.807, 2.05) is 0 Å². The molecule has 8 heteroatoms. The maximum Gasteiger partial charge on any atom is 0.244 e. The lowest BCUT2D eigenvalue weighted by molar-refractivity contribution is 0.342. The van der Waals surface area contributed by atoms with E-state index in [1.165, 1.54) is 6.07 Å². The number of nitrogens with zero attached hydrogens (tertiary/aromatic N) is 1. The molecule has 0 radical (unpaired) electrons. The summed E-state index contributed by atoms with van der Waals surface area (Å²) in [7, 11) is -3.56. The Morgan fingerprint density at radius 2 is 2.35 bits per heavy atom. The van der Waals surface area contributed by atoms with Crippen LogP contribution in [0.3, 0.4) is 0 Å². The van der Waals surface area contributed by atoms with Gasteiger partial charge in [-0.15, -0.1) is 0 Å². The average molecular weight is 366 g/mol. The van der Waals surface area contributed by atoms with Gasteiger partial charge in [-0.05, 0) is 41.4 Å². The van der Waals surface area contributed by atoms with E-state index in [0.29, 0.717) is 18.2 Å². The SMILES string of the molecule is CCN1CCC(CNS(=O)(=O)c2cc(CN)oc2Br)C1. The molecule has 0 aromatic carbocycles. The molecule has 1 atom stereocenters. The highest BCUT2D eigenvalue weighted by Gasteiger charge is 2.26. The fraction of sp³-hybridized carbons (Fsp3) is 0.667. The Kier molecular flexibility index (Phi) is 5.25. The molecule has 20 heavy (non-hydrogen) atoms. The van der Waals surface area contributed by atoms with Crippen molar-refractivity contribution in [2.75, 3.05) is 26.2 Å². The molecule has 2 heterocycles. The Balaban J connectivity index is 1.99. The van der Waals surface area contributed by atoms with E-state index in [4.69, 9.17) is 10.2 Å². The minimum atomic E-state index is -3.56. The number of rotatable bonds is 6. The number of nitrogens with two attached hydrogens (primary N) is 1. The van der Waals surface area contributed by atoms with Gasteiger partial charge in [-0.3, -0.25) is 0 Å². The first-order valence-corrected chi connectivity index (χ1v) is 8.94. The van der Waals surface area contributed by atoms with Crippen molar-refractivity contribution in [3.63, 3.8) is 0 Å². The second-order valence-electron chi connectivity index (χ2n) is 4.95. The number of hydrogen-bond donors (Lipinski definition) is 2. The van der Waals surface area contributed by atoms with Gasteiger partial charge in [-0.1, -0.05) is 6.92 Å². The van der Waals surface area contributed by atoms with Crippen LogP contribution in [0.5, 0.6) is 0 Å². The Bertz CT molecular complexity index is 558. The lowest BCUT2D eigenvalue weighted by atomic mass is 10.1. The zero-order valence-electron chi connectivity index (χ0n) is 11.4. The summed E-state index contributed by atoms with van der Waals surface area (Å²) < 4.78 is 32.5. The number of likely N-dealkylation sites (tertiary alicyclic amines) is 1. The highest BCUT2D eigenvalue weighted by molar-refractivity contribution is 9.10. The standard InChI is InChI=1S/C12H20BrN3O3S/c1-2-16-4-3-9(8-16)7-15-20(17,18)11-5-10(6-14)19-12(11)13/h5,9,15H,2-4,6-8,14H2,1H3. The topological polar surface area (TPSA) is 88.6 Å². The number of hydrogen-bond acceptors (Lipinski definition) is 5. The van der Waals surface area contributed by atoms with Crippen LogP contribution in [0.2, 0.25) is 0 Å². The predicted molar refractivity (Wildman–Crippen MR) is 79.7 cm³/mol. The molecule has 1 aromatic heterocycles. The predicted octanol–water partition coefficient (Wildman–Crippen LogP) is 1.12. The van der Waals surface area contributed by atoms with E-state index in [9.17, 15) is 8.42 Å². The second-order valence-corrected chi connectivity index (χ2v) is 7.41. The average Bonchev–Trinajstić information content (AvgIpc) is 3.02. The Labute approximate surface area is 127 Å². The zero-order valence-corrected chi connectivity index (χ0v) is 13.8. The smallest absolute Gasteiger partial charge is 0.244 e. The van der Waals surface area contributed by atoms with Crippen LogP contribution in [0, 0.1) is 5.92 Å². The summed E-state index contributed by atoms with van der Waals surface area (Å²) in [5.41, 5.74) is 5.44. The molecule has 1 unspecified atom stereocenters. The van der Waals surface area contributed by atoms with Crippen molar-refractivity contribution in [3.8, 4) is 0 Å². The van der Waals surface area contributed by atoms with Gasteiger partial charge in [0.15, 0.2) is 4.67 Å². The molecule has 1 aliphatic heterocycles. The van der Waals surface area contributed by atoms with E-state index < -0.39 is 10.0 Å². The molecule has 3 N–H and O–H groups in total. The molecule has 1 fully saturated rings. The van der Waals surface area contributed by atoms with Crippen LogP contribution in [0.1, 0.15) is 19.1 Å². The van der Waals surface area contributed by atoms with Gasteiger partial charge in [0.1, 0.15) is 10.7 Å². The summed E-state index contributed by atoms with van der Waals surface area (Å²) in [6.07, 6.45) is 1.02. The summed E-state index contributed by atoms with van der Waals surface area (Å²) in [5, 5.41) is 0. The monoisotopic (exact) mass is 365 g/mol. The van der Waals surface area contributed by atoms with E-state index >= 15 is 0 Å². The van der Waals surface area contributed by atoms with Crippen molar-refractivity contribution < 1.29 is 12.8 Å². The summed E-state index contributed by atoms with van der Waals surface area (Å²) in [6, 6.07) is 1.46. The highest BCUT2D eigenvalue weighted by atomic mass is 79.9. The van der Waals surface area contributed by atoms with Crippen LogP contribution in [-0.4, -0.2) is 39.5 Å². The first kappa shape index (κ1) is 16.0. The molecular formula is C12H20BrN3O3S. The Morgan fingerprint density at radius 1 is 1.60 bits per heavy atom. The van der Waals surface area contributed by atoms with Crippen LogP contribution in [0.4, 0.5) is 0 Å². The molecule has 1 aromatic rings. The number of furan rings is 1. The van der Waals surface area contributed by atoms with Crippen molar-refractivity contribution in [1.82, 2.24) is 9.62 Å². The Hall–Kier alpha value is -0.410. The normalized spacial score (nSPS) is 20.6. The van der Waals surface area contributed by atoms with Crippen molar-refractivity contribution in [1.29, 1.82) is 0 Å². The molecule has 0 spiro atoms. The van der Waals surface area contributed by atoms with Crippen molar-refractivity contribution in [3.05, 3.63) is 16.5 Å². The Morgan fingerprint density at radius 3 is 2.90 bits per heavy atom. The van der Waals surface area contributed by atoms with Crippen molar-refractivity contribution in [2.24, 2.45) is 11.7 Å². The highest BCUT2D eigenvalue weighted by Crippen LogP contribution is 2.26. The lowest BCUT2D eigenvalue weighted by Crippen LogP contribution is -2.31. The van der Waals surface area contributed by atoms with Gasteiger partial charge < -0.3 is 15.1 Å². The fourth-order valence-electron chi connectivity index (χ4n) is 2.35. The first-order chi connectivity index (χ1) is 9.46. The van der Waals surface area contributed by atoms with Crippen LogP contribution in [0.25, 0.3) is 0 Å². The zero-order chi connectivity index (χ0) is 14.8. The van der Waals surface area contributed by atoms with Gasteiger partial charge in [0.2, 0.25) is 10.0 Å². The van der Waals surface area contributed by atoms with Gasteiger partial charge in [-0.25, -0.2) is 13.1 Å². The minimum absolute atomic E-state index is 0.114. The van der Waals surface area contributed by atoms with Gasteiger partial charge in [0.05, 0.1) is 6.54 Å². The molecule has 114 valence electrons. The quantitative estimate of drug-likeness (QED) is 0.788. The van der Waals surface area contributed by atoms with Crippen molar-refractivity contribution in [2.45, 2.75) is 24.8 Å². The van der Waals surface area contributed by atoms with Gasteiger partial charge in [0.25, 0.3) is 0 Å². The number of halogens is 1. The van der Waals surface area contributed by atoms with Crippen LogP contribution in [-0.2, 0) is 16.6 Å². The summed E-state index contributed by atoms with van der Waals surface area (Å²) in [5.74, 6) is 0.805. The molecule has 1 saturated heterocycles. The third-order valence-corrected chi connectivity index (χ3v) is 5.86. The fourth-order valence-corrected chi connectivity index (χ4v) is 4.47. The summed E-state index contributed by atoms with van der Waals surface area (Å²) in [4.78, 5) is 2.43. The number of nitrogens with one attached hydrogen (secondary N) is 1. The number of sulfonamides is 1. The van der Waals surface area contributed by atoms with Crippen LogP contribution < -0.4 is 10.5 Å². The molecule has 1 aliphatic rings. The molecule has 0 bridgehead atoms. The van der Waals surface area contributed by atoms with Crippen molar-refractivity contribution >= 4 is 26.0 Å². The lowest BCUT2D eigenvalue weighted by Gasteiger charge is -2.13. The third-order valence-electron chi connectivity index (χ3n) is 3.58. The molecule has 6 nitrogen and oxygen atoms in total. The van der Waals surface area contributed by atoms with Crippen LogP contribution in [0.15, 0.2) is 20.0 Å². The largest absolute Gasteiger partial charge is 0.452 e. The van der Waals surface area contributed by atoms with E-state index in [1.54, 1.807) is 0 Å². The third kappa shape index (κ3) is 3.62. The van der Waals surface area contributed by atoms with E-state index in [-0.39, 0.29) is 16.1 Å². The molecular weight excluding hydrogens is 346 g/mol. The maximum atomic E-state index is 12.2. The summed E-state index contributed by atoms with van der Waals surface area (Å²) in [6.45, 7) is 5.73. The van der Waals surface area contributed by atoms with Gasteiger partial charge >= 0.3 is 0 Å². The molecule has 0 aliphatic carbocycles. The second kappa shape index (κ2) is 6.57. The first-order valence-electron chi connectivity index (χ1n) is 6.66. The molecule has 0 saturated carbocycles. The van der Waals surface area contributed by atoms with Gasteiger partial charge in [-0.2, -0.15) is 0 Å². The van der Waals surface area contributed by atoms with E-state index in [2.05, 4.69) is 32.5 Å². The maximum absolute atomic E-state index is 12.2. The summed E-state index contributed by atoms with van der Waals surface area (Å²) >= 11 is 3.12. The van der Waals surface area contributed by atoms with Crippen LogP contribution >= 0.6 is 15.9 Å². The minimum Gasteiger partial charge on any atom is -0.452 e. The molecule has 0 amide bonds. The van der Waals surface area contributed by atoms with Gasteiger partial charge in [0, 0.05) is 19.2 Å². The molecule has 2 rings (SSSR count). The van der Waals surface area contributed by atoms with E-state index in [0.717, 1.165) is 26.1 Å².